The van der Waals surface area contributed by atoms with E-state index in [0.717, 1.165) is 0 Å². The van der Waals surface area contributed by atoms with Gasteiger partial charge in [-0.15, -0.1) is 0 Å². The fourth-order valence-corrected chi connectivity index (χ4v) is 1.34. The van der Waals surface area contributed by atoms with Crippen molar-refractivity contribution in [2.75, 3.05) is 20.2 Å². The highest BCUT2D eigenvalue weighted by Gasteiger charge is 2.12. The lowest BCUT2D eigenvalue weighted by Crippen LogP contribution is -2.26. The lowest BCUT2D eigenvalue weighted by atomic mass is 10.1. The van der Waals surface area contributed by atoms with Crippen LogP contribution in [-0.4, -0.2) is 36.1 Å². The number of nitrogens with zero attached hydrogens (tertiary/aromatic N) is 1. The summed E-state index contributed by atoms with van der Waals surface area (Å²) in [6, 6.07) is 7.28. The van der Waals surface area contributed by atoms with Crippen LogP contribution in [0.25, 0.3) is 0 Å². The molecule has 0 radical (unpaired) electrons. The van der Waals surface area contributed by atoms with Gasteiger partial charge >= 0.3 is 0 Å². The average Bonchev–Trinajstić information content (AvgIpc) is 2.38. The van der Waals surface area contributed by atoms with E-state index in [-0.39, 0.29) is 12.5 Å². The quantitative estimate of drug-likeness (QED) is 0.801. The third kappa shape index (κ3) is 3.61. The predicted octanol–water partition coefficient (Wildman–Crippen LogP) is 1.51. The standard InChI is InChI=1S/C14H17NO2/c1-3-15(2)14(17)13-10-5-4-8-12(13)9-6-7-11-16/h4-5,8,10,16H,3,7,11H2,1-2H3. The van der Waals surface area contributed by atoms with E-state index in [0.29, 0.717) is 24.1 Å². The number of aliphatic hydroxyl groups is 1. The molecule has 1 N–H and O–H groups in total. The van der Waals surface area contributed by atoms with Crippen LogP contribution in [0.1, 0.15) is 29.3 Å². The number of carbonyl (C=O) groups is 1. The molecular formula is C14H17NO2. The van der Waals surface area contributed by atoms with Crippen molar-refractivity contribution in [2.24, 2.45) is 0 Å². The molecule has 90 valence electrons. The van der Waals surface area contributed by atoms with Crippen molar-refractivity contribution in [1.82, 2.24) is 4.90 Å². The smallest absolute Gasteiger partial charge is 0.254 e. The molecule has 1 aromatic rings. The molecule has 3 heteroatoms. The Kier molecular flexibility index (Phi) is 5.25. The van der Waals surface area contributed by atoms with Gasteiger partial charge in [0.2, 0.25) is 0 Å². The minimum atomic E-state index is -0.0265. The maximum Gasteiger partial charge on any atom is 0.254 e. The van der Waals surface area contributed by atoms with Gasteiger partial charge in [0.25, 0.3) is 5.91 Å². The van der Waals surface area contributed by atoms with Gasteiger partial charge in [0.1, 0.15) is 0 Å². The Bertz CT molecular complexity index is 443. The van der Waals surface area contributed by atoms with Crippen molar-refractivity contribution in [3.05, 3.63) is 35.4 Å². The zero-order valence-corrected chi connectivity index (χ0v) is 10.2. The van der Waals surface area contributed by atoms with Crippen LogP contribution in [0.15, 0.2) is 24.3 Å². The van der Waals surface area contributed by atoms with Gasteiger partial charge in [0.15, 0.2) is 0 Å². The number of amides is 1. The van der Waals surface area contributed by atoms with E-state index in [4.69, 9.17) is 5.11 Å². The molecule has 1 amide bonds. The fraction of sp³-hybridized carbons (Fsp3) is 0.357. The molecule has 0 aromatic heterocycles. The first-order valence-corrected chi connectivity index (χ1v) is 5.65. The number of carbonyl (C=O) groups excluding carboxylic acids is 1. The molecule has 0 aliphatic heterocycles. The van der Waals surface area contributed by atoms with Gasteiger partial charge in [-0.1, -0.05) is 24.0 Å². The Morgan fingerprint density at radius 2 is 2.12 bits per heavy atom. The van der Waals surface area contributed by atoms with Crippen LogP contribution >= 0.6 is 0 Å². The summed E-state index contributed by atoms with van der Waals surface area (Å²) in [6.45, 7) is 2.63. The monoisotopic (exact) mass is 231 g/mol. The van der Waals surface area contributed by atoms with Gasteiger partial charge in [0, 0.05) is 25.6 Å². The average molecular weight is 231 g/mol. The molecule has 0 saturated heterocycles. The normalized spacial score (nSPS) is 9.35. The van der Waals surface area contributed by atoms with Crippen molar-refractivity contribution in [3.8, 4) is 11.8 Å². The maximum absolute atomic E-state index is 12.0. The van der Waals surface area contributed by atoms with E-state index < -0.39 is 0 Å². The molecule has 0 atom stereocenters. The highest BCUT2D eigenvalue weighted by molar-refractivity contribution is 5.96. The second-order valence-corrected chi connectivity index (χ2v) is 3.64. The van der Waals surface area contributed by atoms with Crippen molar-refractivity contribution >= 4 is 5.91 Å². The Labute approximate surface area is 102 Å². The highest BCUT2D eigenvalue weighted by Crippen LogP contribution is 2.10. The van der Waals surface area contributed by atoms with Crippen LogP contribution in [0.3, 0.4) is 0 Å². The number of rotatable bonds is 3. The first-order valence-electron chi connectivity index (χ1n) is 5.65. The molecule has 0 aliphatic carbocycles. The van der Waals surface area contributed by atoms with Crippen LogP contribution < -0.4 is 0 Å². The van der Waals surface area contributed by atoms with Crippen LogP contribution in [0.4, 0.5) is 0 Å². The van der Waals surface area contributed by atoms with Crippen LogP contribution in [-0.2, 0) is 0 Å². The lowest BCUT2D eigenvalue weighted by molar-refractivity contribution is 0.0802. The highest BCUT2D eigenvalue weighted by atomic mass is 16.2. The van der Waals surface area contributed by atoms with E-state index >= 15 is 0 Å². The van der Waals surface area contributed by atoms with Crippen LogP contribution in [0.2, 0.25) is 0 Å². The largest absolute Gasteiger partial charge is 0.395 e. The van der Waals surface area contributed by atoms with Gasteiger partial charge in [-0.25, -0.2) is 0 Å². The Hall–Kier alpha value is -1.79. The zero-order valence-electron chi connectivity index (χ0n) is 10.2. The first kappa shape index (κ1) is 13.3. The number of aliphatic hydroxyl groups excluding tert-OH is 1. The molecule has 1 aromatic carbocycles. The molecule has 17 heavy (non-hydrogen) atoms. The van der Waals surface area contributed by atoms with Gasteiger partial charge in [-0.2, -0.15) is 0 Å². The first-order chi connectivity index (χ1) is 8.20. The molecule has 0 unspecified atom stereocenters. The number of benzene rings is 1. The Morgan fingerprint density at radius 1 is 1.41 bits per heavy atom. The molecule has 0 bridgehead atoms. The third-order valence-corrected chi connectivity index (χ3v) is 2.44. The van der Waals surface area contributed by atoms with Gasteiger partial charge < -0.3 is 10.0 Å². The molecule has 0 heterocycles. The number of hydrogen-bond acceptors (Lipinski definition) is 2. The summed E-state index contributed by atoms with van der Waals surface area (Å²) in [7, 11) is 1.76. The molecule has 1 rings (SSSR count). The summed E-state index contributed by atoms with van der Waals surface area (Å²) < 4.78 is 0. The molecule has 0 fully saturated rings. The minimum absolute atomic E-state index is 0.0265. The van der Waals surface area contributed by atoms with E-state index in [2.05, 4.69) is 11.8 Å². The molecule has 3 nitrogen and oxygen atoms in total. The van der Waals surface area contributed by atoms with Crippen molar-refractivity contribution < 1.29 is 9.90 Å². The van der Waals surface area contributed by atoms with E-state index in [1.54, 1.807) is 18.0 Å². The summed E-state index contributed by atoms with van der Waals surface area (Å²) >= 11 is 0. The summed E-state index contributed by atoms with van der Waals surface area (Å²) in [4.78, 5) is 13.7. The Balaban J connectivity index is 3.01. The second kappa shape index (κ2) is 6.72. The zero-order chi connectivity index (χ0) is 12.7. The van der Waals surface area contributed by atoms with E-state index in [1.807, 2.05) is 25.1 Å². The number of hydrogen-bond donors (Lipinski definition) is 1. The van der Waals surface area contributed by atoms with Crippen molar-refractivity contribution in [2.45, 2.75) is 13.3 Å². The minimum Gasteiger partial charge on any atom is -0.395 e. The summed E-state index contributed by atoms with van der Waals surface area (Å²) in [5, 5.41) is 8.67. The summed E-state index contributed by atoms with van der Waals surface area (Å²) in [5.74, 6) is 5.72. The molecule has 0 saturated carbocycles. The molecule has 0 spiro atoms. The maximum atomic E-state index is 12.0. The van der Waals surface area contributed by atoms with E-state index in [9.17, 15) is 4.79 Å². The summed E-state index contributed by atoms with van der Waals surface area (Å²) in [6.07, 6.45) is 0.423. The van der Waals surface area contributed by atoms with Crippen molar-refractivity contribution in [1.29, 1.82) is 0 Å². The Morgan fingerprint density at radius 3 is 2.76 bits per heavy atom. The molecular weight excluding hydrogens is 214 g/mol. The topological polar surface area (TPSA) is 40.5 Å². The van der Waals surface area contributed by atoms with Gasteiger partial charge in [-0.05, 0) is 19.1 Å². The fourth-order valence-electron chi connectivity index (χ4n) is 1.34. The SMILES string of the molecule is CCN(C)C(=O)c1ccccc1C#CCCO. The van der Waals surface area contributed by atoms with Crippen molar-refractivity contribution in [3.63, 3.8) is 0 Å². The molecule has 0 aliphatic rings. The predicted molar refractivity (Wildman–Crippen MR) is 67.7 cm³/mol. The summed E-state index contributed by atoms with van der Waals surface area (Å²) in [5.41, 5.74) is 1.33. The van der Waals surface area contributed by atoms with E-state index in [1.165, 1.54) is 0 Å². The third-order valence-electron chi connectivity index (χ3n) is 2.44. The van der Waals surface area contributed by atoms with Crippen LogP contribution in [0.5, 0.6) is 0 Å². The second-order valence-electron chi connectivity index (χ2n) is 3.64. The van der Waals surface area contributed by atoms with Crippen LogP contribution in [0, 0.1) is 11.8 Å². The van der Waals surface area contributed by atoms with Gasteiger partial charge in [0.05, 0.1) is 12.2 Å². The van der Waals surface area contributed by atoms with Gasteiger partial charge in [-0.3, -0.25) is 4.79 Å². The lowest BCUT2D eigenvalue weighted by Gasteiger charge is -2.15.